The molecule has 100 valence electrons. The number of aryl methyl sites for hydroxylation is 1. The van der Waals surface area contributed by atoms with Gasteiger partial charge in [0, 0.05) is 16.6 Å². The van der Waals surface area contributed by atoms with Gasteiger partial charge in [0.2, 0.25) is 0 Å². The second kappa shape index (κ2) is 6.34. The Hall–Kier alpha value is -0.870. The van der Waals surface area contributed by atoms with Gasteiger partial charge in [-0.05, 0) is 38.0 Å². The summed E-state index contributed by atoms with van der Waals surface area (Å²) < 4.78 is 0.912. The summed E-state index contributed by atoms with van der Waals surface area (Å²) in [5, 5.41) is 12.7. The molecule has 0 radical (unpaired) electrons. The summed E-state index contributed by atoms with van der Waals surface area (Å²) in [7, 11) is 0. The van der Waals surface area contributed by atoms with Gasteiger partial charge in [0.25, 0.3) is 5.91 Å². The van der Waals surface area contributed by atoms with Crippen molar-refractivity contribution in [2.75, 3.05) is 6.54 Å². The third-order valence-corrected chi connectivity index (χ3v) is 3.71. The molecule has 1 rings (SSSR count). The SMILES string of the molecule is CCCC(C)(O)CNC(=O)c1ccc(C)c(Br)c1. The van der Waals surface area contributed by atoms with E-state index in [4.69, 9.17) is 0 Å². The molecule has 0 fully saturated rings. The number of benzene rings is 1. The molecule has 0 aliphatic heterocycles. The molecule has 2 N–H and O–H groups in total. The van der Waals surface area contributed by atoms with E-state index < -0.39 is 5.60 Å². The van der Waals surface area contributed by atoms with Crippen LogP contribution >= 0.6 is 15.9 Å². The van der Waals surface area contributed by atoms with Crippen LogP contribution in [0.3, 0.4) is 0 Å². The van der Waals surface area contributed by atoms with Crippen LogP contribution in [-0.2, 0) is 0 Å². The van der Waals surface area contributed by atoms with E-state index in [-0.39, 0.29) is 12.5 Å². The fraction of sp³-hybridized carbons (Fsp3) is 0.500. The topological polar surface area (TPSA) is 49.3 Å². The summed E-state index contributed by atoms with van der Waals surface area (Å²) in [5.41, 5.74) is 0.844. The van der Waals surface area contributed by atoms with Crippen LogP contribution in [-0.4, -0.2) is 23.2 Å². The zero-order chi connectivity index (χ0) is 13.8. The molecule has 0 saturated heterocycles. The lowest BCUT2D eigenvalue weighted by atomic mass is 10.0. The Balaban J connectivity index is 2.63. The Morgan fingerprint density at radius 3 is 2.72 bits per heavy atom. The largest absolute Gasteiger partial charge is 0.388 e. The zero-order valence-corrected chi connectivity index (χ0v) is 12.7. The molecule has 1 aromatic rings. The minimum Gasteiger partial charge on any atom is -0.388 e. The van der Waals surface area contributed by atoms with Gasteiger partial charge in [-0.1, -0.05) is 35.3 Å². The van der Waals surface area contributed by atoms with Crippen LogP contribution in [0.4, 0.5) is 0 Å². The molecule has 3 nitrogen and oxygen atoms in total. The number of hydrogen-bond acceptors (Lipinski definition) is 2. The molecular weight excluding hydrogens is 294 g/mol. The van der Waals surface area contributed by atoms with Crippen LogP contribution < -0.4 is 5.32 Å². The normalized spacial score (nSPS) is 14.1. The third-order valence-electron chi connectivity index (χ3n) is 2.85. The first-order valence-electron chi connectivity index (χ1n) is 6.12. The van der Waals surface area contributed by atoms with Crippen molar-refractivity contribution in [1.82, 2.24) is 5.32 Å². The average Bonchev–Trinajstić information content (AvgIpc) is 2.30. The molecule has 1 amide bonds. The Morgan fingerprint density at radius 2 is 2.17 bits per heavy atom. The maximum Gasteiger partial charge on any atom is 0.251 e. The van der Waals surface area contributed by atoms with Crippen LogP contribution in [0.25, 0.3) is 0 Å². The minimum atomic E-state index is -0.841. The van der Waals surface area contributed by atoms with Crippen LogP contribution in [0.2, 0.25) is 0 Å². The summed E-state index contributed by atoms with van der Waals surface area (Å²) >= 11 is 3.40. The standard InChI is InChI=1S/C14H20BrNO2/c1-4-7-14(3,18)9-16-13(17)11-6-5-10(2)12(15)8-11/h5-6,8,18H,4,7,9H2,1-3H3,(H,16,17). The van der Waals surface area contributed by atoms with Gasteiger partial charge >= 0.3 is 0 Å². The Bertz CT molecular complexity index is 430. The third kappa shape index (κ3) is 4.42. The molecule has 1 aromatic carbocycles. The summed E-state index contributed by atoms with van der Waals surface area (Å²) in [6, 6.07) is 5.46. The van der Waals surface area contributed by atoms with Gasteiger partial charge in [0.15, 0.2) is 0 Å². The van der Waals surface area contributed by atoms with E-state index in [9.17, 15) is 9.90 Å². The molecule has 1 atom stereocenters. The number of aliphatic hydroxyl groups is 1. The first kappa shape index (κ1) is 15.2. The summed E-state index contributed by atoms with van der Waals surface area (Å²) in [6.07, 6.45) is 1.56. The van der Waals surface area contributed by atoms with Crippen molar-refractivity contribution in [2.24, 2.45) is 0 Å². The maximum absolute atomic E-state index is 11.9. The van der Waals surface area contributed by atoms with Crippen molar-refractivity contribution in [2.45, 2.75) is 39.2 Å². The average molecular weight is 314 g/mol. The number of hydrogen-bond donors (Lipinski definition) is 2. The van der Waals surface area contributed by atoms with E-state index in [1.54, 1.807) is 19.1 Å². The highest BCUT2D eigenvalue weighted by molar-refractivity contribution is 9.10. The van der Waals surface area contributed by atoms with Crippen LogP contribution in [0.1, 0.15) is 42.6 Å². The first-order valence-corrected chi connectivity index (χ1v) is 6.92. The molecule has 4 heteroatoms. The fourth-order valence-corrected chi connectivity index (χ4v) is 2.11. The van der Waals surface area contributed by atoms with Crippen molar-refractivity contribution < 1.29 is 9.90 Å². The van der Waals surface area contributed by atoms with Gasteiger partial charge < -0.3 is 10.4 Å². The lowest BCUT2D eigenvalue weighted by Gasteiger charge is -2.22. The molecule has 1 unspecified atom stereocenters. The number of halogens is 1. The molecule has 0 aliphatic carbocycles. The second-order valence-electron chi connectivity index (χ2n) is 4.89. The van der Waals surface area contributed by atoms with E-state index in [1.165, 1.54) is 0 Å². The van der Waals surface area contributed by atoms with E-state index in [0.717, 1.165) is 16.5 Å². The Morgan fingerprint density at radius 1 is 1.50 bits per heavy atom. The van der Waals surface area contributed by atoms with Gasteiger partial charge in [-0.2, -0.15) is 0 Å². The number of rotatable bonds is 5. The molecule has 0 spiro atoms. The van der Waals surface area contributed by atoms with Gasteiger partial charge in [-0.15, -0.1) is 0 Å². The smallest absolute Gasteiger partial charge is 0.251 e. The highest BCUT2D eigenvalue weighted by Crippen LogP contribution is 2.17. The summed E-state index contributed by atoms with van der Waals surface area (Å²) in [4.78, 5) is 11.9. The van der Waals surface area contributed by atoms with Gasteiger partial charge in [0.05, 0.1) is 5.60 Å². The van der Waals surface area contributed by atoms with Gasteiger partial charge in [0.1, 0.15) is 0 Å². The predicted octanol–water partition coefficient (Wildman–Crippen LogP) is 3.04. The van der Waals surface area contributed by atoms with E-state index >= 15 is 0 Å². The zero-order valence-electron chi connectivity index (χ0n) is 11.1. The number of carbonyl (C=O) groups excluding carboxylic acids is 1. The first-order chi connectivity index (χ1) is 8.35. The van der Waals surface area contributed by atoms with E-state index in [0.29, 0.717) is 12.0 Å². The molecule has 0 aromatic heterocycles. The lowest BCUT2D eigenvalue weighted by Crippen LogP contribution is -2.40. The highest BCUT2D eigenvalue weighted by atomic mass is 79.9. The Kier molecular flexibility index (Phi) is 5.35. The number of nitrogens with one attached hydrogen (secondary N) is 1. The molecule has 18 heavy (non-hydrogen) atoms. The van der Waals surface area contributed by atoms with Crippen molar-refractivity contribution >= 4 is 21.8 Å². The lowest BCUT2D eigenvalue weighted by molar-refractivity contribution is 0.0469. The van der Waals surface area contributed by atoms with Gasteiger partial charge in [-0.25, -0.2) is 0 Å². The molecular formula is C14H20BrNO2. The van der Waals surface area contributed by atoms with Crippen molar-refractivity contribution in [3.63, 3.8) is 0 Å². The Labute approximate surface area is 117 Å². The maximum atomic E-state index is 11.9. The fourth-order valence-electron chi connectivity index (χ4n) is 1.73. The van der Waals surface area contributed by atoms with Crippen LogP contribution in [0.15, 0.2) is 22.7 Å². The van der Waals surface area contributed by atoms with Crippen molar-refractivity contribution in [3.8, 4) is 0 Å². The number of amides is 1. The monoisotopic (exact) mass is 313 g/mol. The second-order valence-corrected chi connectivity index (χ2v) is 5.75. The van der Waals surface area contributed by atoms with Gasteiger partial charge in [-0.3, -0.25) is 4.79 Å². The van der Waals surface area contributed by atoms with E-state index in [2.05, 4.69) is 21.2 Å². The van der Waals surface area contributed by atoms with Crippen molar-refractivity contribution in [1.29, 1.82) is 0 Å². The van der Waals surface area contributed by atoms with Crippen molar-refractivity contribution in [3.05, 3.63) is 33.8 Å². The molecule has 0 bridgehead atoms. The van der Waals surface area contributed by atoms with Crippen LogP contribution in [0.5, 0.6) is 0 Å². The minimum absolute atomic E-state index is 0.160. The highest BCUT2D eigenvalue weighted by Gasteiger charge is 2.20. The van der Waals surface area contributed by atoms with E-state index in [1.807, 2.05) is 19.9 Å². The summed E-state index contributed by atoms with van der Waals surface area (Å²) in [6.45, 7) is 5.98. The van der Waals surface area contributed by atoms with Crippen LogP contribution in [0, 0.1) is 6.92 Å². The molecule has 0 aliphatic rings. The number of carbonyl (C=O) groups is 1. The summed E-state index contributed by atoms with van der Waals surface area (Å²) in [5.74, 6) is -0.160. The quantitative estimate of drug-likeness (QED) is 0.877. The predicted molar refractivity (Wildman–Crippen MR) is 76.7 cm³/mol. The molecule has 0 saturated carbocycles. The molecule has 0 heterocycles.